The first-order chi connectivity index (χ1) is 11.6. The number of halogens is 1. The summed E-state index contributed by atoms with van der Waals surface area (Å²) in [7, 11) is 0. The molecule has 0 radical (unpaired) electrons. The zero-order valence-corrected chi connectivity index (χ0v) is 14.1. The number of hydrogen-bond acceptors (Lipinski definition) is 5. The Morgan fingerprint density at radius 3 is 2.83 bits per heavy atom. The normalized spacial score (nSPS) is 12.1. The second-order valence-corrected chi connectivity index (χ2v) is 6.14. The van der Waals surface area contributed by atoms with Crippen molar-refractivity contribution in [1.29, 1.82) is 0 Å². The molecule has 0 fully saturated rings. The fraction of sp³-hybridized carbons (Fsp3) is 0.235. The molecule has 7 heteroatoms. The van der Waals surface area contributed by atoms with E-state index in [-0.39, 0.29) is 11.7 Å². The Bertz CT molecular complexity index is 859. The van der Waals surface area contributed by atoms with Crippen molar-refractivity contribution in [3.8, 4) is 0 Å². The fourth-order valence-corrected chi connectivity index (χ4v) is 3.33. The van der Waals surface area contributed by atoms with Gasteiger partial charge in [-0.25, -0.2) is 4.39 Å². The number of hydrogen-bond donors (Lipinski definition) is 1. The number of aromatic nitrogens is 2. The molecule has 0 aliphatic carbocycles. The first kappa shape index (κ1) is 16.3. The van der Waals surface area contributed by atoms with E-state index in [0.717, 1.165) is 12.0 Å². The molecule has 0 unspecified atom stereocenters. The number of carbonyl (C=O) groups excluding carboxylic acids is 1. The van der Waals surface area contributed by atoms with Gasteiger partial charge in [0.05, 0.1) is 4.88 Å². The molecule has 5 nitrogen and oxygen atoms in total. The lowest BCUT2D eigenvalue weighted by Gasteiger charge is -2.16. The molecule has 2 aromatic heterocycles. The van der Waals surface area contributed by atoms with Gasteiger partial charge in [0.1, 0.15) is 11.9 Å². The molecule has 0 saturated carbocycles. The summed E-state index contributed by atoms with van der Waals surface area (Å²) >= 11 is 1.35. The van der Waals surface area contributed by atoms with Crippen LogP contribution in [-0.2, 0) is 6.42 Å². The van der Waals surface area contributed by atoms with Gasteiger partial charge >= 0.3 is 0 Å². The number of thiophene rings is 1. The molecule has 0 spiro atoms. The molecular formula is C17H16FN3O2S. The molecule has 1 atom stereocenters. The molecule has 3 rings (SSSR count). The van der Waals surface area contributed by atoms with E-state index in [0.29, 0.717) is 16.3 Å². The van der Waals surface area contributed by atoms with Gasteiger partial charge in [-0.05, 0) is 29.5 Å². The van der Waals surface area contributed by atoms with Gasteiger partial charge < -0.3 is 9.84 Å². The van der Waals surface area contributed by atoms with Crippen molar-refractivity contribution in [2.24, 2.45) is 0 Å². The van der Waals surface area contributed by atoms with Crippen molar-refractivity contribution in [3.63, 3.8) is 0 Å². The molecule has 24 heavy (non-hydrogen) atoms. The fourth-order valence-electron chi connectivity index (χ4n) is 2.43. The van der Waals surface area contributed by atoms with Crippen LogP contribution in [0.1, 0.15) is 45.5 Å². The minimum Gasteiger partial charge on any atom is -0.340 e. The summed E-state index contributed by atoms with van der Waals surface area (Å²) in [6, 6.07) is 7.32. The maximum atomic E-state index is 14.2. The molecule has 0 aliphatic heterocycles. The van der Waals surface area contributed by atoms with Crippen LogP contribution in [0.4, 0.5) is 4.39 Å². The van der Waals surface area contributed by atoms with Crippen LogP contribution in [0.15, 0.2) is 40.2 Å². The van der Waals surface area contributed by atoms with E-state index < -0.39 is 11.9 Å². The van der Waals surface area contributed by atoms with Crippen molar-refractivity contribution < 1.29 is 13.7 Å². The van der Waals surface area contributed by atoms with E-state index in [2.05, 4.69) is 15.5 Å². The van der Waals surface area contributed by atoms with Gasteiger partial charge in [-0.2, -0.15) is 4.98 Å². The number of amides is 1. The van der Waals surface area contributed by atoms with Crippen LogP contribution >= 0.6 is 11.3 Å². The molecule has 2 heterocycles. The van der Waals surface area contributed by atoms with Crippen LogP contribution in [-0.4, -0.2) is 16.0 Å². The van der Waals surface area contributed by atoms with E-state index in [4.69, 9.17) is 4.52 Å². The highest BCUT2D eigenvalue weighted by Crippen LogP contribution is 2.25. The predicted octanol–water partition coefficient (Wildman–Crippen LogP) is 3.66. The standard InChI is InChI=1S/C17H16FN3O2S/c1-3-11-8-9-24-15(11)17(22)20-14(16-19-10(2)23-21-16)12-6-4-5-7-13(12)18/h4-9,14H,3H2,1-2H3,(H,20,22)/t14-/m1/s1. The van der Waals surface area contributed by atoms with Gasteiger partial charge in [-0.3, -0.25) is 4.79 Å². The van der Waals surface area contributed by atoms with E-state index in [1.165, 1.54) is 17.4 Å². The van der Waals surface area contributed by atoms with Gasteiger partial charge in [0, 0.05) is 12.5 Å². The quantitative estimate of drug-likeness (QED) is 0.766. The van der Waals surface area contributed by atoms with Crippen molar-refractivity contribution in [2.75, 3.05) is 0 Å². The van der Waals surface area contributed by atoms with Crippen molar-refractivity contribution >= 4 is 17.2 Å². The molecule has 124 valence electrons. The first-order valence-electron chi connectivity index (χ1n) is 7.52. The van der Waals surface area contributed by atoms with E-state index in [9.17, 15) is 9.18 Å². The van der Waals surface area contributed by atoms with Crippen LogP contribution in [0.25, 0.3) is 0 Å². The number of nitrogens with zero attached hydrogens (tertiary/aromatic N) is 2. The number of aryl methyl sites for hydroxylation is 2. The predicted molar refractivity (Wildman–Crippen MR) is 88.4 cm³/mol. The summed E-state index contributed by atoms with van der Waals surface area (Å²) < 4.78 is 19.2. The smallest absolute Gasteiger partial charge is 0.262 e. The minimum atomic E-state index is -0.817. The Labute approximate surface area is 142 Å². The lowest BCUT2D eigenvalue weighted by molar-refractivity contribution is 0.0944. The van der Waals surface area contributed by atoms with Gasteiger partial charge in [0.25, 0.3) is 5.91 Å². The Morgan fingerprint density at radius 1 is 1.38 bits per heavy atom. The molecule has 3 aromatic rings. The van der Waals surface area contributed by atoms with Crippen LogP contribution in [0, 0.1) is 12.7 Å². The van der Waals surface area contributed by atoms with E-state index in [1.54, 1.807) is 25.1 Å². The van der Waals surface area contributed by atoms with Crippen molar-refractivity contribution in [1.82, 2.24) is 15.5 Å². The third-order valence-corrected chi connectivity index (χ3v) is 4.58. The molecular weight excluding hydrogens is 329 g/mol. The Kier molecular flexibility index (Phi) is 4.71. The van der Waals surface area contributed by atoms with Crippen LogP contribution in [0.5, 0.6) is 0 Å². The Balaban J connectivity index is 1.97. The van der Waals surface area contributed by atoms with Crippen molar-refractivity contribution in [3.05, 3.63) is 69.2 Å². The summed E-state index contributed by atoms with van der Waals surface area (Å²) in [6.45, 7) is 3.63. The highest BCUT2D eigenvalue weighted by atomic mass is 32.1. The highest BCUT2D eigenvalue weighted by Gasteiger charge is 2.26. The maximum Gasteiger partial charge on any atom is 0.262 e. The Morgan fingerprint density at radius 2 is 2.17 bits per heavy atom. The monoisotopic (exact) mass is 345 g/mol. The molecule has 1 N–H and O–H groups in total. The maximum absolute atomic E-state index is 14.2. The molecule has 0 saturated heterocycles. The van der Waals surface area contributed by atoms with Gasteiger partial charge in [-0.1, -0.05) is 30.3 Å². The number of carbonyl (C=O) groups is 1. The largest absolute Gasteiger partial charge is 0.340 e. The second kappa shape index (κ2) is 6.92. The number of benzene rings is 1. The summed E-state index contributed by atoms with van der Waals surface area (Å²) in [5.74, 6) is -0.142. The average molecular weight is 345 g/mol. The van der Waals surface area contributed by atoms with E-state index in [1.807, 2.05) is 18.4 Å². The molecule has 0 bridgehead atoms. The number of rotatable bonds is 5. The highest BCUT2D eigenvalue weighted by molar-refractivity contribution is 7.12. The summed E-state index contributed by atoms with van der Waals surface area (Å²) in [5, 5.41) is 8.54. The minimum absolute atomic E-state index is 0.223. The third kappa shape index (κ3) is 3.21. The van der Waals surface area contributed by atoms with E-state index >= 15 is 0 Å². The van der Waals surface area contributed by atoms with Gasteiger partial charge in [-0.15, -0.1) is 11.3 Å². The molecule has 1 aromatic carbocycles. The lowest BCUT2D eigenvalue weighted by Crippen LogP contribution is -2.30. The van der Waals surface area contributed by atoms with Crippen LogP contribution in [0.3, 0.4) is 0 Å². The van der Waals surface area contributed by atoms with Crippen molar-refractivity contribution in [2.45, 2.75) is 26.3 Å². The lowest BCUT2D eigenvalue weighted by atomic mass is 10.1. The summed E-state index contributed by atoms with van der Waals surface area (Å²) in [5.41, 5.74) is 1.25. The molecule has 1 amide bonds. The van der Waals surface area contributed by atoms with Gasteiger partial charge in [0.15, 0.2) is 5.82 Å². The zero-order valence-electron chi connectivity index (χ0n) is 13.2. The summed E-state index contributed by atoms with van der Waals surface area (Å²) in [4.78, 5) is 17.4. The zero-order chi connectivity index (χ0) is 17.1. The van der Waals surface area contributed by atoms with Gasteiger partial charge in [0.2, 0.25) is 5.89 Å². The summed E-state index contributed by atoms with van der Waals surface area (Å²) in [6.07, 6.45) is 0.748. The third-order valence-electron chi connectivity index (χ3n) is 3.63. The second-order valence-electron chi connectivity index (χ2n) is 5.23. The number of nitrogens with one attached hydrogen (secondary N) is 1. The van der Waals surface area contributed by atoms with Crippen LogP contribution < -0.4 is 5.32 Å². The van der Waals surface area contributed by atoms with Crippen LogP contribution in [0.2, 0.25) is 0 Å². The topological polar surface area (TPSA) is 68.0 Å². The molecule has 0 aliphatic rings. The average Bonchev–Trinajstić information content (AvgIpc) is 3.22. The SMILES string of the molecule is CCc1ccsc1C(=O)N[C@@H](c1noc(C)n1)c1ccccc1F. The first-order valence-corrected chi connectivity index (χ1v) is 8.40. The Hall–Kier alpha value is -2.54.